The summed E-state index contributed by atoms with van der Waals surface area (Å²) < 4.78 is 15.9. The van der Waals surface area contributed by atoms with Gasteiger partial charge in [-0.25, -0.2) is 4.79 Å². The molecule has 1 saturated carbocycles. The van der Waals surface area contributed by atoms with Crippen LogP contribution in [-0.4, -0.2) is 30.3 Å². The molecule has 1 N–H and O–H groups in total. The number of carbonyl (C=O) groups excluding carboxylic acids is 2. The van der Waals surface area contributed by atoms with Gasteiger partial charge in [-0.2, -0.15) is 0 Å². The summed E-state index contributed by atoms with van der Waals surface area (Å²) in [5.41, 5.74) is 0.425. The van der Waals surface area contributed by atoms with Crippen molar-refractivity contribution in [1.82, 2.24) is 0 Å². The number of rotatable bonds is 2. The zero-order valence-electron chi connectivity index (χ0n) is 15.9. The summed E-state index contributed by atoms with van der Waals surface area (Å²) >= 11 is 0. The van der Waals surface area contributed by atoms with E-state index >= 15 is 0 Å². The topological polar surface area (TPSA) is 86.0 Å². The van der Waals surface area contributed by atoms with E-state index in [2.05, 4.69) is 6.92 Å². The van der Waals surface area contributed by atoms with E-state index in [1.807, 2.05) is 13.0 Å². The Bertz CT molecular complexity index is 781. The Balaban J connectivity index is 1.77. The van der Waals surface area contributed by atoms with Crippen LogP contribution < -0.4 is 0 Å². The number of hydrogen-bond acceptors (Lipinski definition) is 6. The van der Waals surface area contributed by atoms with Crippen LogP contribution in [0.2, 0.25) is 0 Å². The van der Waals surface area contributed by atoms with Crippen molar-refractivity contribution in [2.24, 2.45) is 22.7 Å². The first-order valence-corrected chi connectivity index (χ1v) is 9.51. The van der Waals surface area contributed by atoms with Gasteiger partial charge in [0.1, 0.15) is 6.10 Å². The van der Waals surface area contributed by atoms with Crippen LogP contribution >= 0.6 is 0 Å². The molecule has 0 radical (unpaired) electrons. The lowest BCUT2D eigenvalue weighted by Gasteiger charge is -2.60. The van der Waals surface area contributed by atoms with E-state index in [-0.39, 0.29) is 23.8 Å². The summed E-state index contributed by atoms with van der Waals surface area (Å²) in [6.45, 7) is 4.09. The maximum atomic E-state index is 12.9. The summed E-state index contributed by atoms with van der Waals surface area (Å²) in [5.74, 6) is -1.09. The molecule has 1 saturated heterocycles. The van der Waals surface area contributed by atoms with E-state index in [4.69, 9.17) is 13.9 Å². The van der Waals surface area contributed by atoms with E-state index < -0.39 is 23.0 Å². The second-order valence-electron chi connectivity index (χ2n) is 8.59. The van der Waals surface area contributed by atoms with Crippen LogP contribution in [0.5, 0.6) is 0 Å². The molecule has 146 valence electrons. The van der Waals surface area contributed by atoms with Crippen molar-refractivity contribution in [2.45, 2.75) is 51.7 Å². The fourth-order valence-corrected chi connectivity index (χ4v) is 6.04. The molecule has 6 unspecified atom stereocenters. The van der Waals surface area contributed by atoms with Crippen LogP contribution in [-0.2, 0) is 19.1 Å². The van der Waals surface area contributed by atoms with Crippen molar-refractivity contribution in [3.8, 4) is 0 Å². The summed E-state index contributed by atoms with van der Waals surface area (Å²) in [7, 11) is 1.38. The van der Waals surface area contributed by atoms with Crippen molar-refractivity contribution in [1.29, 1.82) is 0 Å². The molecule has 6 nitrogen and oxygen atoms in total. The number of furan rings is 1. The van der Waals surface area contributed by atoms with Gasteiger partial charge in [-0.05, 0) is 37.2 Å². The Morgan fingerprint density at radius 3 is 2.81 bits per heavy atom. The lowest BCUT2D eigenvalue weighted by Crippen LogP contribution is -2.60. The zero-order valence-corrected chi connectivity index (χ0v) is 15.9. The van der Waals surface area contributed by atoms with Crippen molar-refractivity contribution >= 4 is 11.9 Å². The van der Waals surface area contributed by atoms with E-state index in [9.17, 15) is 14.7 Å². The van der Waals surface area contributed by atoms with Crippen LogP contribution in [0.1, 0.15) is 51.2 Å². The molecule has 0 aromatic carbocycles. The van der Waals surface area contributed by atoms with Crippen LogP contribution in [0.4, 0.5) is 0 Å². The van der Waals surface area contributed by atoms with E-state index in [1.165, 1.54) is 7.11 Å². The zero-order chi connectivity index (χ0) is 19.4. The van der Waals surface area contributed by atoms with Crippen molar-refractivity contribution in [2.75, 3.05) is 7.11 Å². The normalized spacial score (nSPS) is 41.0. The largest absolute Gasteiger partial charge is 0.472 e. The number of fused-ring (bicyclic) bond motifs is 3. The fraction of sp³-hybridized carbons (Fsp3) is 0.619. The molecule has 2 aliphatic carbocycles. The summed E-state index contributed by atoms with van der Waals surface area (Å²) in [6.07, 6.45) is 6.20. The van der Waals surface area contributed by atoms with Gasteiger partial charge in [0.05, 0.1) is 31.7 Å². The summed E-state index contributed by atoms with van der Waals surface area (Å²) in [5, 5.41) is 11.0. The lowest BCUT2D eigenvalue weighted by molar-refractivity contribution is -0.200. The van der Waals surface area contributed by atoms with Crippen LogP contribution in [0.3, 0.4) is 0 Å². The van der Waals surface area contributed by atoms with Crippen LogP contribution in [0.25, 0.3) is 0 Å². The number of carbonyl (C=O) groups is 2. The first-order valence-electron chi connectivity index (χ1n) is 9.51. The Hall–Kier alpha value is -2.08. The number of esters is 2. The summed E-state index contributed by atoms with van der Waals surface area (Å²) in [4.78, 5) is 25.3. The Morgan fingerprint density at radius 1 is 1.37 bits per heavy atom. The number of cyclic esters (lactones) is 1. The van der Waals surface area contributed by atoms with Crippen molar-refractivity contribution in [3.63, 3.8) is 0 Å². The first-order chi connectivity index (χ1) is 12.8. The minimum Gasteiger partial charge on any atom is -0.472 e. The van der Waals surface area contributed by atoms with Gasteiger partial charge in [-0.3, -0.25) is 4.79 Å². The molecule has 27 heavy (non-hydrogen) atoms. The van der Waals surface area contributed by atoms with Gasteiger partial charge < -0.3 is 19.0 Å². The second-order valence-corrected chi connectivity index (χ2v) is 8.59. The maximum absolute atomic E-state index is 12.9. The Labute approximate surface area is 158 Å². The molecule has 2 heterocycles. The average Bonchev–Trinajstić information content (AvgIpc) is 3.14. The molecule has 0 spiro atoms. The molecule has 0 bridgehead atoms. The minimum absolute atomic E-state index is 0.224. The molecule has 1 aromatic heterocycles. The molecule has 6 atom stereocenters. The maximum Gasteiger partial charge on any atom is 0.333 e. The predicted molar refractivity (Wildman–Crippen MR) is 95.3 cm³/mol. The SMILES string of the molecule is COC(=O)C1=CCC(O)C2C1(C)CCC1C(=O)OC(c3ccoc3)CC12C. The van der Waals surface area contributed by atoms with Gasteiger partial charge in [0.15, 0.2) is 0 Å². The molecular weight excluding hydrogens is 348 g/mol. The molecule has 3 aliphatic rings. The highest BCUT2D eigenvalue weighted by atomic mass is 16.5. The molecule has 1 aliphatic heterocycles. The van der Waals surface area contributed by atoms with Gasteiger partial charge in [0, 0.05) is 22.5 Å². The number of ether oxygens (including phenoxy) is 2. The Kier molecular flexibility index (Phi) is 4.22. The van der Waals surface area contributed by atoms with Crippen LogP contribution in [0.15, 0.2) is 34.7 Å². The highest BCUT2D eigenvalue weighted by molar-refractivity contribution is 5.90. The molecule has 4 rings (SSSR count). The van der Waals surface area contributed by atoms with Crippen LogP contribution in [0, 0.1) is 22.7 Å². The van der Waals surface area contributed by atoms with Gasteiger partial charge in [0.2, 0.25) is 0 Å². The standard InChI is InChI=1S/C21H26O6/c1-20-8-6-14-19(24)27-16(12-7-9-26-11-12)10-21(14,2)17(20)15(22)5-4-13(20)18(23)25-3/h4,7,9,11,14-17,22H,5-6,8,10H2,1-3H3. The number of aliphatic hydroxyl groups is 1. The highest BCUT2D eigenvalue weighted by Gasteiger charge is 2.63. The number of aliphatic hydroxyl groups excluding tert-OH is 1. The smallest absolute Gasteiger partial charge is 0.333 e. The van der Waals surface area contributed by atoms with Crippen molar-refractivity contribution in [3.05, 3.63) is 35.8 Å². The highest BCUT2D eigenvalue weighted by Crippen LogP contribution is 2.64. The van der Waals surface area contributed by atoms with Gasteiger partial charge in [-0.15, -0.1) is 0 Å². The molecule has 0 amide bonds. The second kappa shape index (κ2) is 6.23. The fourth-order valence-electron chi connectivity index (χ4n) is 6.04. The minimum atomic E-state index is -0.618. The third kappa shape index (κ3) is 2.57. The van der Waals surface area contributed by atoms with Gasteiger partial charge >= 0.3 is 11.9 Å². The average molecular weight is 374 g/mol. The lowest BCUT2D eigenvalue weighted by atomic mass is 9.45. The molecule has 2 fully saturated rings. The van der Waals surface area contributed by atoms with Gasteiger partial charge in [-0.1, -0.05) is 19.9 Å². The first kappa shape index (κ1) is 18.3. The quantitative estimate of drug-likeness (QED) is 0.800. The third-order valence-corrected chi connectivity index (χ3v) is 7.20. The van der Waals surface area contributed by atoms with E-state index in [1.54, 1.807) is 18.6 Å². The molecule has 6 heteroatoms. The van der Waals surface area contributed by atoms with Crippen molar-refractivity contribution < 1.29 is 28.6 Å². The van der Waals surface area contributed by atoms with Gasteiger partial charge in [0.25, 0.3) is 0 Å². The Morgan fingerprint density at radius 2 is 2.15 bits per heavy atom. The molecular formula is C21H26O6. The summed E-state index contributed by atoms with van der Waals surface area (Å²) in [6, 6.07) is 1.81. The van der Waals surface area contributed by atoms with E-state index in [0.29, 0.717) is 31.3 Å². The van der Waals surface area contributed by atoms with E-state index in [0.717, 1.165) is 5.56 Å². The number of methoxy groups -OCH3 is 1. The molecule has 1 aromatic rings. The monoisotopic (exact) mass is 374 g/mol. The third-order valence-electron chi connectivity index (χ3n) is 7.20. The number of hydrogen-bond donors (Lipinski definition) is 1. The predicted octanol–water partition coefficient (Wildman–Crippen LogP) is 3.17.